The SMILES string of the molecule is CC(=O)NCCCc1ccc(-c2csc(NC(=O)c3ccc(F)cc3Br)n2)cc1. The maximum absolute atomic E-state index is 13.2. The summed E-state index contributed by atoms with van der Waals surface area (Å²) in [6.07, 6.45) is 1.76. The molecule has 1 heterocycles. The molecule has 0 aliphatic rings. The minimum atomic E-state index is -0.413. The lowest BCUT2D eigenvalue weighted by Gasteiger charge is -2.05. The van der Waals surface area contributed by atoms with E-state index in [9.17, 15) is 14.0 Å². The Hall–Kier alpha value is -2.58. The Balaban J connectivity index is 1.60. The fraction of sp³-hybridized carbons (Fsp3) is 0.190. The van der Waals surface area contributed by atoms with E-state index in [1.807, 2.05) is 29.6 Å². The van der Waals surface area contributed by atoms with E-state index in [-0.39, 0.29) is 11.8 Å². The standard InChI is InChI=1S/C21H19BrFN3O2S/c1-13(27)24-10-2-3-14-4-6-15(7-5-14)19-12-29-21(25-19)26-20(28)17-9-8-16(23)11-18(17)22/h4-9,11-12H,2-3,10H2,1H3,(H,24,27)(H,25,26,28). The lowest BCUT2D eigenvalue weighted by atomic mass is 10.1. The Kier molecular flexibility index (Phi) is 7.11. The maximum atomic E-state index is 13.2. The highest BCUT2D eigenvalue weighted by molar-refractivity contribution is 9.10. The lowest BCUT2D eigenvalue weighted by Crippen LogP contribution is -2.21. The largest absolute Gasteiger partial charge is 0.356 e. The van der Waals surface area contributed by atoms with Crippen molar-refractivity contribution in [3.8, 4) is 11.3 Å². The number of nitrogens with one attached hydrogen (secondary N) is 2. The number of hydrogen-bond acceptors (Lipinski definition) is 4. The molecule has 150 valence electrons. The lowest BCUT2D eigenvalue weighted by molar-refractivity contribution is -0.118. The Morgan fingerprint density at radius 3 is 2.62 bits per heavy atom. The molecule has 0 radical (unpaired) electrons. The van der Waals surface area contributed by atoms with Crippen LogP contribution in [-0.4, -0.2) is 23.3 Å². The summed E-state index contributed by atoms with van der Waals surface area (Å²) in [4.78, 5) is 27.7. The second-order valence-electron chi connectivity index (χ2n) is 6.40. The van der Waals surface area contributed by atoms with Crippen molar-refractivity contribution in [1.82, 2.24) is 10.3 Å². The molecule has 3 rings (SSSR count). The summed E-state index contributed by atoms with van der Waals surface area (Å²) in [5, 5.41) is 7.88. The van der Waals surface area contributed by atoms with E-state index < -0.39 is 5.82 Å². The Morgan fingerprint density at radius 1 is 1.17 bits per heavy atom. The van der Waals surface area contributed by atoms with Crippen molar-refractivity contribution in [2.45, 2.75) is 19.8 Å². The monoisotopic (exact) mass is 475 g/mol. The quantitative estimate of drug-likeness (QED) is 0.470. The van der Waals surface area contributed by atoms with Gasteiger partial charge in [-0.05, 0) is 52.5 Å². The maximum Gasteiger partial charge on any atom is 0.258 e. The summed E-state index contributed by atoms with van der Waals surface area (Å²) in [6, 6.07) is 12.0. The van der Waals surface area contributed by atoms with Crippen molar-refractivity contribution < 1.29 is 14.0 Å². The molecule has 0 aliphatic heterocycles. The van der Waals surface area contributed by atoms with Gasteiger partial charge < -0.3 is 5.32 Å². The van der Waals surface area contributed by atoms with E-state index in [4.69, 9.17) is 0 Å². The summed E-state index contributed by atoms with van der Waals surface area (Å²) in [5.74, 6) is -0.783. The van der Waals surface area contributed by atoms with Crippen molar-refractivity contribution in [3.63, 3.8) is 0 Å². The second-order valence-corrected chi connectivity index (χ2v) is 8.11. The van der Waals surface area contributed by atoms with E-state index in [0.29, 0.717) is 21.7 Å². The number of carbonyl (C=O) groups is 2. The third kappa shape index (κ3) is 5.95. The molecular weight excluding hydrogens is 457 g/mol. The number of rotatable bonds is 7. The summed E-state index contributed by atoms with van der Waals surface area (Å²) in [6.45, 7) is 2.17. The Morgan fingerprint density at radius 2 is 1.93 bits per heavy atom. The topological polar surface area (TPSA) is 71.1 Å². The number of thiazole rings is 1. The average Bonchev–Trinajstić information content (AvgIpc) is 3.14. The number of halogens is 2. The van der Waals surface area contributed by atoms with Crippen molar-refractivity contribution in [2.75, 3.05) is 11.9 Å². The van der Waals surface area contributed by atoms with Gasteiger partial charge in [0.25, 0.3) is 5.91 Å². The molecule has 0 bridgehead atoms. The molecule has 5 nitrogen and oxygen atoms in total. The zero-order chi connectivity index (χ0) is 20.8. The number of hydrogen-bond donors (Lipinski definition) is 2. The normalized spacial score (nSPS) is 10.6. The van der Waals surface area contributed by atoms with Gasteiger partial charge in [0.15, 0.2) is 5.13 Å². The van der Waals surface area contributed by atoms with E-state index >= 15 is 0 Å². The first-order valence-electron chi connectivity index (χ1n) is 8.98. The number of nitrogens with zero attached hydrogens (tertiary/aromatic N) is 1. The van der Waals surface area contributed by atoms with Gasteiger partial charge in [-0.1, -0.05) is 24.3 Å². The number of aryl methyl sites for hydroxylation is 1. The zero-order valence-electron chi connectivity index (χ0n) is 15.7. The highest BCUT2D eigenvalue weighted by atomic mass is 79.9. The van der Waals surface area contributed by atoms with Crippen LogP contribution in [0.2, 0.25) is 0 Å². The minimum Gasteiger partial charge on any atom is -0.356 e. The van der Waals surface area contributed by atoms with Crippen LogP contribution in [0.3, 0.4) is 0 Å². The number of aromatic nitrogens is 1. The smallest absolute Gasteiger partial charge is 0.258 e. The Labute approximate surface area is 180 Å². The Bertz CT molecular complexity index is 1020. The zero-order valence-corrected chi connectivity index (χ0v) is 18.1. The van der Waals surface area contributed by atoms with Crippen LogP contribution in [0.25, 0.3) is 11.3 Å². The first-order chi connectivity index (χ1) is 13.9. The molecule has 0 unspecified atom stereocenters. The van der Waals surface area contributed by atoms with Crippen molar-refractivity contribution in [3.05, 3.63) is 69.3 Å². The fourth-order valence-electron chi connectivity index (χ4n) is 2.70. The number of benzene rings is 2. The van der Waals surface area contributed by atoms with Gasteiger partial charge in [0.05, 0.1) is 11.3 Å². The van der Waals surface area contributed by atoms with E-state index in [0.717, 1.165) is 24.1 Å². The molecule has 0 fully saturated rings. The van der Waals surface area contributed by atoms with Crippen LogP contribution in [0.4, 0.5) is 9.52 Å². The highest BCUT2D eigenvalue weighted by Gasteiger charge is 2.13. The van der Waals surface area contributed by atoms with E-state index in [1.54, 1.807) is 0 Å². The molecule has 0 spiro atoms. The predicted molar refractivity (Wildman–Crippen MR) is 117 cm³/mol. The van der Waals surface area contributed by atoms with Gasteiger partial charge in [-0.2, -0.15) is 0 Å². The first-order valence-corrected chi connectivity index (χ1v) is 10.7. The molecule has 0 aliphatic carbocycles. The van der Waals surface area contributed by atoms with Gasteiger partial charge in [0.1, 0.15) is 5.82 Å². The molecule has 2 aromatic carbocycles. The van der Waals surface area contributed by atoms with Gasteiger partial charge in [-0.15, -0.1) is 11.3 Å². The van der Waals surface area contributed by atoms with E-state index in [2.05, 4.69) is 31.5 Å². The first kappa shape index (κ1) is 21.1. The molecule has 29 heavy (non-hydrogen) atoms. The molecule has 1 aromatic heterocycles. The predicted octanol–water partition coefficient (Wildman–Crippen LogP) is 5.03. The summed E-state index contributed by atoms with van der Waals surface area (Å²) in [7, 11) is 0. The molecule has 0 saturated carbocycles. The summed E-state index contributed by atoms with van der Waals surface area (Å²) < 4.78 is 13.6. The molecular formula is C21H19BrFN3O2S. The fourth-order valence-corrected chi connectivity index (χ4v) is 3.95. The van der Waals surface area contributed by atoms with Gasteiger partial charge in [0.2, 0.25) is 5.91 Å². The molecule has 0 saturated heterocycles. The van der Waals surface area contributed by atoms with E-state index in [1.165, 1.54) is 42.0 Å². The average molecular weight is 476 g/mol. The van der Waals surface area contributed by atoms with Gasteiger partial charge in [0, 0.05) is 28.9 Å². The molecule has 8 heteroatoms. The molecule has 3 aromatic rings. The summed E-state index contributed by atoms with van der Waals surface area (Å²) >= 11 is 4.53. The third-order valence-corrected chi connectivity index (χ3v) is 5.58. The van der Waals surface area contributed by atoms with Crippen LogP contribution in [-0.2, 0) is 11.2 Å². The highest BCUT2D eigenvalue weighted by Crippen LogP contribution is 2.26. The number of amides is 2. The van der Waals surface area contributed by atoms with Gasteiger partial charge in [-0.25, -0.2) is 9.37 Å². The molecule has 0 atom stereocenters. The number of carbonyl (C=O) groups excluding carboxylic acids is 2. The van der Waals surface area contributed by atoms with Crippen molar-refractivity contribution >= 4 is 44.2 Å². The van der Waals surface area contributed by atoms with Crippen molar-refractivity contribution in [1.29, 1.82) is 0 Å². The number of anilines is 1. The van der Waals surface area contributed by atoms with Crippen LogP contribution in [0.5, 0.6) is 0 Å². The van der Waals surface area contributed by atoms with Crippen molar-refractivity contribution in [2.24, 2.45) is 0 Å². The second kappa shape index (κ2) is 9.76. The van der Waals surface area contributed by atoms with Crippen LogP contribution in [0, 0.1) is 5.82 Å². The van der Waals surface area contributed by atoms with Gasteiger partial charge >= 0.3 is 0 Å². The molecule has 2 N–H and O–H groups in total. The van der Waals surface area contributed by atoms with Crippen LogP contribution in [0.15, 0.2) is 52.3 Å². The minimum absolute atomic E-state index is 0.0152. The van der Waals surface area contributed by atoms with Crippen LogP contribution >= 0.6 is 27.3 Å². The molecule has 2 amide bonds. The summed E-state index contributed by atoms with van der Waals surface area (Å²) in [5.41, 5.74) is 3.25. The third-order valence-electron chi connectivity index (χ3n) is 4.17. The van der Waals surface area contributed by atoms with Crippen LogP contribution < -0.4 is 10.6 Å². The van der Waals surface area contributed by atoms with Crippen LogP contribution in [0.1, 0.15) is 29.3 Å². The van der Waals surface area contributed by atoms with Gasteiger partial charge in [-0.3, -0.25) is 14.9 Å².